The van der Waals surface area contributed by atoms with E-state index in [1.807, 2.05) is 37.3 Å². The van der Waals surface area contributed by atoms with E-state index in [1.165, 1.54) is 27.4 Å². The molecular weight excluding hydrogens is 468 g/mol. The topological polar surface area (TPSA) is 103 Å². The molecule has 1 amide bonds. The van der Waals surface area contributed by atoms with Crippen LogP contribution in [0, 0.1) is 6.92 Å². The highest BCUT2D eigenvalue weighted by Gasteiger charge is 2.21. The van der Waals surface area contributed by atoms with Gasteiger partial charge in [-0.15, -0.1) is 0 Å². The number of amides is 1. The summed E-state index contributed by atoms with van der Waals surface area (Å²) in [5, 5.41) is 2.90. The summed E-state index contributed by atoms with van der Waals surface area (Å²) in [6.07, 6.45) is 0. The molecule has 0 aliphatic carbocycles. The second kappa shape index (κ2) is 11.2. The predicted molar refractivity (Wildman–Crippen MR) is 134 cm³/mol. The van der Waals surface area contributed by atoms with E-state index < -0.39 is 22.0 Å². The van der Waals surface area contributed by atoms with E-state index >= 15 is 0 Å². The summed E-state index contributed by atoms with van der Waals surface area (Å²) >= 11 is 0. The number of aryl methyl sites for hydroxylation is 1. The molecule has 0 aliphatic heterocycles. The van der Waals surface area contributed by atoms with Gasteiger partial charge in [-0.05, 0) is 54.8 Å². The highest BCUT2D eigenvalue weighted by atomic mass is 32.2. The number of hydrogen-bond acceptors (Lipinski definition) is 6. The van der Waals surface area contributed by atoms with E-state index in [0.717, 1.165) is 11.1 Å². The number of carbonyl (C=O) groups excluding carboxylic acids is 1. The standard InChI is InChI=1S/C26H30N2O6S/c1-17-11-12-20(15-24(17)35(30,31)27-16-19-9-7-6-8-10-19)26(29)28-18(2)21-13-22(32-3)25(34-5)23(14-21)33-4/h6-15,18,27H,16H2,1-5H3,(H,28,29). The summed E-state index contributed by atoms with van der Waals surface area (Å²) in [6, 6.07) is 16.9. The highest BCUT2D eigenvalue weighted by molar-refractivity contribution is 7.89. The van der Waals surface area contributed by atoms with Gasteiger partial charge in [0.2, 0.25) is 15.8 Å². The summed E-state index contributed by atoms with van der Waals surface area (Å²) in [6.45, 7) is 3.65. The average molecular weight is 499 g/mol. The monoisotopic (exact) mass is 498 g/mol. The van der Waals surface area contributed by atoms with Crippen molar-refractivity contribution in [1.29, 1.82) is 0 Å². The normalized spacial score (nSPS) is 12.0. The molecule has 186 valence electrons. The van der Waals surface area contributed by atoms with Gasteiger partial charge in [0.15, 0.2) is 11.5 Å². The van der Waals surface area contributed by atoms with Crippen molar-refractivity contribution in [3.05, 3.63) is 82.9 Å². The molecule has 1 unspecified atom stereocenters. The minimum Gasteiger partial charge on any atom is -0.493 e. The van der Waals surface area contributed by atoms with Crippen LogP contribution in [-0.4, -0.2) is 35.7 Å². The van der Waals surface area contributed by atoms with Crippen molar-refractivity contribution in [3.63, 3.8) is 0 Å². The fraction of sp³-hybridized carbons (Fsp3) is 0.269. The van der Waals surface area contributed by atoms with Gasteiger partial charge in [0.25, 0.3) is 5.91 Å². The van der Waals surface area contributed by atoms with Crippen molar-refractivity contribution >= 4 is 15.9 Å². The predicted octanol–water partition coefficient (Wildman–Crippen LogP) is 3.99. The van der Waals surface area contributed by atoms with Crippen LogP contribution < -0.4 is 24.2 Å². The molecule has 0 bridgehead atoms. The van der Waals surface area contributed by atoms with Crippen molar-refractivity contribution in [2.75, 3.05) is 21.3 Å². The summed E-state index contributed by atoms with van der Waals surface area (Å²) in [7, 11) is 0.725. The van der Waals surface area contributed by atoms with E-state index in [-0.39, 0.29) is 17.0 Å². The van der Waals surface area contributed by atoms with Gasteiger partial charge in [-0.25, -0.2) is 13.1 Å². The minimum absolute atomic E-state index is 0.0570. The maximum Gasteiger partial charge on any atom is 0.251 e. The molecular formula is C26H30N2O6S. The lowest BCUT2D eigenvalue weighted by Gasteiger charge is -2.19. The van der Waals surface area contributed by atoms with E-state index in [9.17, 15) is 13.2 Å². The number of ether oxygens (including phenoxy) is 3. The van der Waals surface area contributed by atoms with Gasteiger partial charge in [0.1, 0.15) is 0 Å². The van der Waals surface area contributed by atoms with Crippen molar-refractivity contribution in [1.82, 2.24) is 10.0 Å². The van der Waals surface area contributed by atoms with Gasteiger partial charge in [0, 0.05) is 12.1 Å². The van der Waals surface area contributed by atoms with Crippen molar-refractivity contribution < 1.29 is 27.4 Å². The molecule has 8 nitrogen and oxygen atoms in total. The smallest absolute Gasteiger partial charge is 0.251 e. The van der Waals surface area contributed by atoms with Gasteiger partial charge in [-0.2, -0.15) is 0 Å². The van der Waals surface area contributed by atoms with E-state index in [4.69, 9.17) is 14.2 Å². The molecule has 0 spiro atoms. The fourth-order valence-electron chi connectivity index (χ4n) is 3.60. The summed E-state index contributed by atoms with van der Waals surface area (Å²) in [5.74, 6) is 0.978. The zero-order valence-electron chi connectivity index (χ0n) is 20.4. The zero-order valence-corrected chi connectivity index (χ0v) is 21.2. The van der Waals surface area contributed by atoms with Gasteiger partial charge in [-0.3, -0.25) is 4.79 Å². The lowest BCUT2D eigenvalue weighted by atomic mass is 10.1. The minimum atomic E-state index is -3.83. The molecule has 3 aromatic carbocycles. The molecule has 0 heterocycles. The number of carbonyl (C=O) groups is 1. The van der Waals surface area contributed by atoms with Gasteiger partial charge >= 0.3 is 0 Å². The maximum absolute atomic E-state index is 13.0. The second-order valence-electron chi connectivity index (χ2n) is 7.94. The summed E-state index contributed by atoms with van der Waals surface area (Å²) in [4.78, 5) is 13.1. The van der Waals surface area contributed by atoms with Crippen molar-refractivity contribution in [3.8, 4) is 17.2 Å². The van der Waals surface area contributed by atoms with E-state index in [1.54, 1.807) is 31.2 Å². The van der Waals surface area contributed by atoms with Crippen LogP contribution in [0.1, 0.15) is 40.0 Å². The molecule has 0 aromatic heterocycles. The third-order valence-corrected chi connectivity index (χ3v) is 7.13. The molecule has 2 N–H and O–H groups in total. The molecule has 0 fully saturated rings. The van der Waals surface area contributed by atoms with Crippen molar-refractivity contribution in [2.45, 2.75) is 31.3 Å². The van der Waals surface area contributed by atoms with Crippen LogP contribution >= 0.6 is 0 Å². The Hall–Kier alpha value is -3.56. The van der Waals surface area contributed by atoms with Crippen LogP contribution in [-0.2, 0) is 16.6 Å². The van der Waals surface area contributed by atoms with E-state index in [2.05, 4.69) is 10.0 Å². The van der Waals surface area contributed by atoms with Crippen LogP contribution in [0.3, 0.4) is 0 Å². The van der Waals surface area contributed by atoms with Crippen LogP contribution in [0.2, 0.25) is 0 Å². The number of benzene rings is 3. The molecule has 3 aromatic rings. The first kappa shape index (κ1) is 26.1. The zero-order chi connectivity index (χ0) is 25.6. The highest BCUT2D eigenvalue weighted by Crippen LogP contribution is 2.39. The first-order valence-electron chi connectivity index (χ1n) is 10.9. The largest absolute Gasteiger partial charge is 0.493 e. The number of methoxy groups -OCH3 is 3. The van der Waals surface area contributed by atoms with Crippen LogP contribution in [0.5, 0.6) is 17.2 Å². The van der Waals surface area contributed by atoms with Crippen LogP contribution in [0.4, 0.5) is 0 Å². The Balaban J connectivity index is 1.81. The Labute approximate surface area is 206 Å². The summed E-state index contributed by atoms with van der Waals surface area (Å²) < 4.78 is 44.7. The lowest BCUT2D eigenvalue weighted by molar-refractivity contribution is 0.0939. The number of rotatable bonds is 10. The van der Waals surface area contributed by atoms with Gasteiger partial charge < -0.3 is 19.5 Å². The molecule has 9 heteroatoms. The SMILES string of the molecule is COc1cc(C(C)NC(=O)c2ccc(C)c(S(=O)(=O)NCc3ccccc3)c2)cc(OC)c1OC. The lowest BCUT2D eigenvalue weighted by Crippen LogP contribution is -2.28. The molecule has 0 saturated carbocycles. The Morgan fingerprint density at radius 2 is 1.54 bits per heavy atom. The number of sulfonamides is 1. The van der Waals surface area contributed by atoms with E-state index in [0.29, 0.717) is 22.8 Å². The van der Waals surface area contributed by atoms with Crippen LogP contribution in [0.25, 0.3) is 0 Å². The first-order valence-corrected chi connectivity index (χ1v) is 12.4. The van der Waals surface area contributed by atoms with Gasteiger partial charge in [0.05, 0.1) is 32.3 Å². The first-order chi connectivity index (χ1) is 16.7. The van der Waals surface area contributed by atoms with Gasteiger partial charge in [-0.1, -0.05) is 36.4 Å². The Morgan fingerprint density at radius 1 is 0.914 bits per heavy atom. The average Bonchev–Trinajstić information content (AvgIpc) is 2.87. The molecule has 1 atom stereocenters. The maximum atomic E-state index is 13.0. The van der Waals surface area contributed by atoms with Crippen molar-refractivity contribution in [2.24, 2.45) is 0 Å². The van der Waals surface area contributed by atoms with Crippen LogP contribution in [0.15, 0.2) is 65.6 Å². The third kappa shape index (κ3) is 6.12. The fourth-order valence-corrected chi connectivity index (χ4v) is 4.88. The Morgan fingerprint density at radius 3 is 2.11 bits per heavy atom. The third-order valence-electron chi connectivity index (χ3n) is 5.58. The quantitative estimate of drug-likeness (QED) is 0.438. The molecule has 0 aliphatic rings. The molecule has 0 saturated heterocycles. The second-order valence-corrected chi connectivity index (χ2v) is 9.68. The summed E-state index contributed by atoms with van der Waals surface area (Å²) in [5.41, 5.74) is 2.34. The number of nitrogens with one attached hydrogen (secondary N) is 2. The Kier molecular flexibility index (Phi) is 8.37. The molecule has 3 rings (SSSR count). The Bertz CT molecular complexity index is 1270. The molecule has 35 heavy (non-hydrogen) atoms. The molecule has 0 radical (unpaired) electrons. The number of hydrogen-bond donors (Lipinski definition) is 2.